The van der Waals surface area contributed by atoms with E-state index in [0.29, 0.717) is 13.2 Å². The fraction of sp³-hybridized carbons (Fsp3) is 0.778. The molecule has 1 aliphatic heterocycles. The van der Waals surface area contributed by atoms with E-state index in [-0.39, 0.29) is 12.0 Å². The molecule has 0 aromatic rings. The molecule has 1 aliphatic rings. The van der Waals surface area contributed by atoms with Gasteiger partial charge in [-0.1, -0.05) is 6.08 Å². The molecule has 0 aliphatic carbocycles. The van der Waals surface area contributed by atoms with E-state index < -0.39 is 5.79 Å². The highest BCUT2D eigenvalue weighted by molar-refractivity contribution is 4.89. The molecule has 0 amide bonds. The highest BCUT2D eigenvalue weighted by Crippen LogP contribution is 2.26. The van der Waals surface area contributed by atoms with Gasteiger partial charge in [-0.3, -0.25) is 0 Å². The highest BCUT2D eigenvalue weighted by Gasteiger charge is 2.35. The van der Waals surface area contributed by atoms with Gasteiger partial charge in [-0.25, -0.2) is 0 Å². The topological polar surface area (TPSA) is 44.5 Å². The van der Waals surface area contributed by atoms with Crippen LogP contribution in [0.1, 0.15) is 13.8 Å². The first-order valence-corrected chi connectivity index (χ1v) is 4.23. The predicted molar refractivity (Wildman–Crippen MR) is 47.6 cm³/mol. The minimum Gasteiger partial charge on any atom is -0.348 e. The van der Waals surface area contributed by atoms with E-state index in [1.165, 1.54) is 0 Å². The lowest BCUT2D eigenvalue weighted by Gasteiger charge is -2.20. The van der Waals surface area contributed by atoms with Crippen LogP contribution in [0, 0.1) is 5.92 Å². The maximum Gasteiger partial charge on any atom is 0.163 e. The largest absolute Gasteiger partial charge is 0.348 e. The van der Waals surface area contributed by atoms with Crippen molar-refractivity contribution in [2.45, 2.75) is 25.7 Å². The van der Waals surface area contributed by atoms with Crippen LogP contribution in [0.2, 0.25) is 0 Å². The Morgan fingerprint density at radius 1 is 1.75 bits per heavy atom. The molecule has 1 rings (SSSR count). The molecule has 0 spiro atoms. The Labute approximate surface area is 73.5 Å². The second-order valence-corrected chi connectivity index (χ2v) is 3.50. The highest BCUT2D eigenvalue weighted by atomic mass is 16.7. The SMILES string of the molecule is C=C[C@H](CN)[C@H]1COC(C)(C)O1. The zero-order chi connectivity index (χ0) is 9.19. The Morgan fingerprint density at radius 3 is 2.75 bits per heavy atom. The van der Waals surface area contributed by atoms with Crippen LogP contribution in [-0.2, 0) is 9.47 Å². The maximum absolute atomic E-state index is 5.62. The summed E-state index contributed by atoms with van der Waals surface area (Å²) in [6.45, 7) is 8.70. The molecule has 0 saturated carbocycles. The molecule has 0 aromatic carbocycles. The normalized spacial score (nSPS) is 30.1. The van der Waals surface area contributed by atoms with Gasteiger partial charge >= 0.3 is 0 Å². The van der Waals surface area contributed by atoms with E-state index in [1.807, 2.05) is 19.9 Å². The lowest BCUT2D eigenvalue weighted by atomic mass is 10.0. The molecule has 0 unspecified atom stereocenters. The van der Waals surface area contributed by atoms with Crippen molar-refractivity contribution in [3.05, 3.63) is 12.7 Å². The third-order valence-corrected chi connectivity index (χ3v) is 2.08. The third-order valence-electron chi connectivity index (χ3n) is 2.08. The molecular formula is C9H17NO2. The number of nitrogens with two attached hydrogens (primary N) is 1. The summed E-state index contributed by atoms with van der Waals surface area (Å²) in [5.41, 5.74) is 5.54. The zero-order valence-corrected chi connectivity index (χ0v) is 7.75. The number of hydrogen-bond acceptors (Lipinski definition) is 3. The first-order chi connectivity index (χ1) is 5.59. The van der Waals surface area contributed by atoms with Gasteiger partial charge in [0.1, 0.15) is 0 Å². The van der Waals surface area contributed by atoms with Crippen LogP contribution in [0.4, 0.5) is 0 Å². The molecule has 12 heavy (non-hydrogen) atoms. The first-order valence-electron chi connectivity index (χ1n) is 4.23. The van der Waals surface area contributed by atoms with E-state index in [1.54, 1.807) is 0 Å². The van der Waals surface area contributed by atoms with Gasteiger partial charge in [-0.2, -0.15) is 0 Å². The van der Waals surface area contributed by atoms with Crippen LogP contribution in [0.15, 0.2) is 12.7 Å². The molecular weight excluding hydrogens is 154 g/mol. The Morgan fingerprint density at radius 2 is 2.42 bits per heavy atom. The Bertz CT molecular complexity index is 168. The van der Waals surface area contributed by atoms with Crippen molar-refractivity contribution in [1.29, 1.82) is 0 Å². The molecule has 1 heterocycles. The Hall–Kier alpha value is -0.380. The monoisotopic (exact) mass is 171 g/mol. The van der Waals surface area contributed by atoms with Gasteiger partial charge in [-0.05, 0) is 13.8 Å². The van der Waals surface area contributed by atoms with Crippen LogP contribution < -0.4 is 5.73 Å². The second-order valence-electron chi connectivity index (χ2n) is 3.50. The molecule has 2 N–H and O–H groups in total. The van der Waals surface area contributed by atoms with E-state index in [2.05, 4.69) is 6.58 Å². The van der Waals surface area contributed by atoms with Crippen molar-refractivity contribution in [2.75, 3.05) is 13.2 Å². The van der Waals surface area contributed by atoms with Gasteiger partial charge in [-0.15, -0.1) is 6.58 Å². The second kappa shape index (κ2) is 3.56. The minimum absolute atomic E-state index is 0.0718. The van der Waals surface area contributed by atoms with Crippen LogP contribution in [0.5, 0.6) is 0 Å². The minimum atomic E-state index is -0.457. The van der Waals surface area contributed by atoms with Crippen LogP contribution in [-0.4, -0.2) is 25.0 Å². The van der Waals surface area contributed by atoms with Crippen LogP contribution in [0.25, 0.3) is 0 Å². The van der Waals surface area contributed by atoms with Gasteiger partial charge in [0.15, 0.2) is 5.79 Å². The standard InChI is InChI=1S/C9H17NO2/c1-4-7(5-10)8-6-11-9(2,3)12-8/h4,7-8H,1,5-6,10H2,2-3H3/t7-,8-/m1/s1. The van der Waals surface area contributed by atoms with Gasteiger partial charge in [0.2, 0.25) is 0 Å². The number of ether oxygens (including phenoxy) is 2. The average Bonchev–Trinajstić information content (AvgIpc) is 2.34. The van der Waals surface area contributed by atoms with E-state index in [9.17, 15) is 0 Å². The average molecular weight is 171 g/mol. The zero-order valence-electron chi connectivity index (χ0n) is 7.75. The molecule has 3 heteroatoms. The van der Waals surface area contributed by atoms with Crippen molar-refractivity contribution in [1.82, 2.24) is 0 Å². The van der Waals surface area contributed by atoms with Crippen molar-refractivity contribution in [3.8, 4) is 0 Å². The summed E-state index contributed by atoms with van der Waals surface area (Å²) < 4.78 is 11.0. The molecule has 1 saturated heterocycles. The molecule has 2 atom stereocenters. The predicted octanol–water partition coefficient (Wildman–Crippen LogP) is 0.899. The fourth-order valence-electron chi connectivity index (χ4n) is 1.33. The van der Waals surface area contributed by atoms with Crippen molar-refractivity contribution >= 4 is 0 Å². The quantitative estimate of drug-likeness (QED) is 0.642. The smallest absolute Gasteiger partial charge is 0.163 e. The fourth-order valence-corrected chi connectivity index (χ4v) is 1.33. The van der Waals surface area contributed by atoms with Gasteiger partial charge in [0, 0.05) is 12.5 Å². The van der Waals surface area contributed by atoms with Crippen LogP contribution in [0.3, 0.4) is 0 Å². The van der Waals surface area contributed by atoms with Crippen molar-refractivity contribution in [2.24, 2.45) is 11.7 Å². The summed E-state index contributed by atoms with van der Waals surface area (Å²) >= 11 is 0. The van der Waals surface area contributed by atoms with E-state index >= 15 is 0 Å². The first kappa shape index (κ1) is 9.71. The molecule has 0 bridgehead atoms. The molecule has 70 valence electrons. The maximum atomic E-state index is 5.62. The molecule has 3 nitrogen and oxygen atoms in total. The van der Waals surface area contributed by atoms with E-state index in [0.717, 1.165) is 0 Å². The Balaban J connectivity index is 2.50. The Kier molecular flexibility index (Phi) is 2.88. The van der Waals surface area contributed by atoms with Gasteiger partial charge in [0.25, 0.3) is 0 Å². The summed E-state index contributed by atoms with van der Waals surface area (Å²) in [6.07, 6.45) is 1.90. The molecule has 0 aromatic heterocycles. The lowest BCUT2D eigenvalue weighted by Crippen LogP contribution is -2.30. The van der Waals surface area contributed by atoms with Crippen molar-refractivity contribution in [3.63, 3.8) is 0 Å². The van der Waals surface area contributed by atoms with Gasteiger partial charge in [0.05, 0.1) is 12.7 Å². The molecule has 1 fully saturated rings. The summed E-state index contributed by atoms with van der Waals surface area (Å²) in [6, 6.07) is 0. The summed E-state index contributed by atoms with van der Waals surface area (Å²) in [7, 11) is 0. The summed E-state index contributed by atoms with van der Waals surface area (Å²) in [5.74, 6) is -0.257. The molecule has 0 radical (unpaired) electrons. The lowest BCUT2D eigenvalue weighted by molar-refractivity contribution is -0.142. The van der Waals surface area contributed by atoms with Crippen LogP contribution >= 0.6 is 0 Å². The van der Waals surface area contributed by atoms with E-state index in [4.69, 9.17) is 15.2 Å². The number of rotatable bonds is 3. The summed E-state index contributed by atoms with van der Waals surface area (Å²) in [5, 5.41) is 0. The number of hydrogen-bond donors (Lipinski definition) is 1. The van der Waals surface area contributed by atoms with Gasteiger partial charge < -0.3 is 15.2 Å². The summed E-state index contributed by atoms with van der Waals surface area (Å²) in [4.78, 5) is 0. The third kappa shape index (κ3) is 2.06. The van der Waals surface area contributed by atoms with Crippen molar-refractivity contribution < 1.29 is 9.47 Å².